The van der Waals surface area contributed by atoms with E-state index in [0.717, 1.165) is 13.1 Å². The highest BCUT2D eigenvalue weighted by atomic mass is 35.5. The summed E-state index contributed by atoms with van der Waals surface area (Å²) in [6.07, 6.45) is 1.91. The van der Waals surface area contributed by atoms with Gasteiger partial charge in [0, 0.05) is 61.7 Å². The zero-order chi connectivity index (χ0) is 26.0. The van der Waals surface area contributed by atoms with Gasteiger partial charge in [-0.3, -0.25) is 9.69 Å². The van der Waals surface area contributed by atoms with Crippen LogP contribution in [0.2, 0.25) is 5.02 Å². The number of carbonyl (C=O) groups excluding carboxylic acids is 1. The molecule has 12 heteroatoms. The molecule has 4 rings (SSSR count). The Morgan fingerprint density at radius 3 is 2.81 bits per heavy atom. The second kappa shape index (κ2) is 13.2. The van der Waals surface area contributed by atoms with E-state index in [1.165, 1.54) is 18.2 Å². The zero-order valence-electron chi connectivity index (χ0n) is 20.4. The summed E-state index contributed by atoms with van der Waals surface area (Å²) in [5, 5.41) is 14.6. The second-order valence-electron chi connectivity index (χ2n) is 8.22. The monoisotopic (exact) mass is 530 g/mol. The van der Waals surface area contributed by atoms with Gasteiger partial charge in [-0.25, -0.2) is 9.37 Å². The minimum absolute atomic E-state index is 0.135. The Morgan fingerprint density at radius 1 is 1.16 bits per heavy atom. The van der Waals surface area contributed by atoms with Crippen molar-refractivity contribution in [2.45, 2.75) is 6.42 Å². The molecule has 1 saturated heterocycles. The highest BCUT2D eigenvalue weighted by molar-refractivity contribution is 6.30. The fourth-order valence-corrected chi connectivity index (χ4v) is 3.82. The number of nitrogens with zero attached hydrogens (tertiary/aromatic N) is 4. The second-order valence-corrected chi connectivity index (χ2v) is 8.66. The molecule has 0 spiro atoms. The summed E-state index contributed by atoms with van der Waals surface area (Å²) < 4.78 is 30.5. The van der Waals surface area contributed by atoms with Crippen molar-refractivity contribution < 1.29 is 23.4 Å². The van der Waals surface area contributed by atoms with E-state index in [-0.39, 0.29) is 29.7 Å². The summed E-state index contributed by atoms with van der Waals surface area (Å²) in [6.45, 7) is 4.25. The minimum Gasteiger partial charge on any atom is -0.473 e. The molecule has 0 bridgehead atoms. The Kier molecular flexibility index (Phi) is 9.55. The third-order valence-corrected chi connectivity index (χ3v) is 5.79. The maximum Gasteiger partial charge on any atom is 0.257 e. The first-order chi connectivity index (χ1) is 18.0. The van der Waals surface area contributed by atoms with Crippen LogP contribution in [0.3, 0.4) is 0 Å². The van der Waals surface area contributed by atoms with Crippen molar-refractivity contribution in [3.05, 3.63) is 53.4 Å². The maximum atomic E-state index is 14.5. The largest absolute Gasteiger partial charge is 0.473 e. The van der Waals surface area contributed by atoms with Crippen LogP contribution >= 0.6 is 11.6 Å². The van der Waals surface area contributed by atoms with E-state index in [1.54, 1.807) is 31.5 Å². The molecule has 1 amide bonds. The van der Waals surface area contributed by atoms with Crippen molar-refractivity contribution in [3.63, 3.8) is 0 Å². The highest BCUT2D eigenvalue weighted by Crippen LogP contribution is 2.32. The molecule has 0 saturated carbocycles. The number of hydrogen-bond acceptors (Lipinski definition) is 9. The number of aromatic nitrogens is 3. The molecular weight excluding hydrogens is 503 g/mol. The van der Waals surface area contributed by atoms with Crippen LogP contribution in [0.25, 0.3) is 11.3 Å². The number of amides is 1. The Balaban J connectivity index is 1.49. The summed E-state index contributed by atoms with van der Waals surface area (Å²) in [5.74, 6) is -0.0224. The highest BCUT2D eigenvalue weighted by Gasteiger charge is 2.15. The number of rotatable bonds is 11. The van der Waals surface area contributed by atoms with E-state index in [2.05, 4.69) is 30.7 Å². The molecule has 0 atom stereocenters. The number of halogens is 2. The molecule has 0 radical (unpaired) electrons. The van der Waals surface area contributed by atoms with Gasteiger partial charge in [-0.15, -0.1) is 10.2 Å². The molecule has 1 aromatic carbocycles. The molecule has 10 nitrogen and oxygen atoms in total. The summed E-state index contributed by atoms with van der Waals surface area (Å²) in [5.41, 5.74) is 1.53. The first-order valence-corrected chi connectivity index (χ1v) is 12.2. The SMILES string of the molecule is COCCOc1nnc(-c2cc(Cl)ccc2F)cc1Nc1ccnc(NC(=O)CCN2CCOCC2)c1. The number of morpholine rings is 1. The average molecular weight is 531 g/mol. The lowest BCUT2D eigenvalue weighted by Crippen LogP contribution is -2.38. The first kappa shape index (κ1) is 26.7. The van der Waals surface area contributed by atoms with Gasteiger partial charge in [-0.05, 0) is 30.3 Å². The molecule has 1 aliphatic heterocycles. The molecule has 196 valence electrons. The molecule has 0 unspecified atom stereocenters. The number of pyridine rings is 1. The standard InChI is InChI=1S/C25H28ClFN6O4/c1-35-12-13-37-25-22(16-21(31-32-25)19-14-17(26)2-3-20(19)27)29-18-4-6-28-23(15-18)30-24(34)5-7-33-8-10-36-11-9-33/h2-4,6,14-16H,5,7-13H2,1H3,(H2,28,29,30,31,34). The number of methoxy groups -OCH3 is 1. The van der Waals surface area contributed by atoms with Crippen molar-refractivity contribution in [1.29, 1.82) is 0 Å². The van der Waals surface area contributed by atoms with Crippen LogP contribution in [0.4, 0.5) is 21.6 Å². The van der Waals surface area contributed by atoms with Crippen LogP contribution in [0.15, 0.2) is 42.6 Å². The Morgan fingerprint density at radius 2 is 2.00 bits per heavy atom. The van der Waals surface area contributed by atoms with Gasteiger partial charge in [0.2, 0.25) is 5.91 Å². The number of ether oxygens (including phenoxy) is 3. The van der Waals surface area contributed by atoms with Crippen LogP contribution in [0.5, 0.6) is 5.88 Å². The Labute approximate surface area is 219 Å². The molecular formula is C25H28ClFN6O4. The Hall–Kier alpha value is -3.38. The van der Waals surface area contributed by atoms with E-state index in [1.807, 2.05) is 0 Å². The van der Waals surface area contributed by atoms with E-state index >= 15 is 0 Å². The number of hydrogen-bond donors (Lipinski definition) is 2. The van der Waals surface area contributed by atoms with Crippen molar-refractivity contribution in [2.24, 2.45) is 0 Å². The molecule has 37 heavy (non-hydrogen) atoms. The van der Waals surface area contributed by atoms with Crippen molar-refractivity contribution in [2.75, 3.05) is 63.8 Å². The van der Waals surface area contributed by atoms with Crippen LogP contribution in [0, 0.1) is 5.82 Å². The lowest BCUT2D eigenvalue weighted by Gasteiger charge is -2.26. The van der Waals surface area contributed by atoms with Crippen LogP contribution < -0.4 is 15.4 Å². The summed E-state index contributed by atoms with van der Waals surface area (Å²) in [4.78, 5) is 18.9. The zero-order valence-corrected chi connectivity index (χ0v) is 21.1. The van der Waals surface area contributed by atoms with E-state index in [4.69, 9.17) is 25.8 Å². The fourth-order valence-electron chi connectivity index (χ4n) is 3.65. The molecule has 2 N–H and O–H groups in total. The molecule has 2 aromatic heterocycles. The average Bonchev–Trinajstić information content (AvgIpc) is 2.90. The molecule has 1 aliphatic rings. The number of nitrogens with one attached hydrogen (secondary N) is 2. The van der Waals surface area contributed by atoms with Gasteiger partial charge in [0.05, 0.1) is 25.5 Å². The maximum absolute atomic E-state index is 14.5. The van der Waals surface area contributed by atoms with E-state index in [0.29, 0.717) is 55.0 Å². The fraction of sp³-hybridized carbons (Fsp3) is 0.360. The van der Waals surface area contributed by atoms with Gasteiger partial charge in [-0.1, -0.05) is 11.6 Å². The Bertz CT molecular complexity index is 1210. The summed E-state index contributed by atoms with van der Waals surface area (Å²) in [6, 6.07) is 9.24. The number of anilines is 3. The summed E-state index contributed by atoms with van der Waals surface area (Å²) in [7, 11) is 1.56. The molecule has 0 aliphatic carbocycles. The van der Waals surface area contributed by atoms with Gasteiger partial charge in [0.25, 0.3) is 5.88 Å². The van der Waals surface area contributed by atoms with Gasteiger partial charge in [0.15, 0.2) is 0 Å². The topological polar surface area (TPSA) is 111 Å². The lowest BCUT2D eigenvalue weighted by atomic mass is 10.1. The third kappa shape index (κ3) is 7.80. The van der Waals surface area contributed by atoms with Crippen LogP contribution in [0.1, 0.15) is 6.42 Å². The van der Waals surface area contributed by atoms with Gasteiger partial charge >= 0.3 is 0 Å². The number of carbonyl (C=O) groups is 1. The third-order valence-electron chi connectivity index (χ3n) is 5.56. The van der Waals surface area contributed by atoms with Gasteiger partial charge in [-0.2, -0.15) is 0 Å². The predicted octanol–water partition coefficient (Wildman–Crippen LogP) is 3.76. The van der Waals surface area contributed by atoms with Gasteiger partial charge < -0.3 is 24.8 Å². The van der Waals surface area contributed by atoms with Crippen molar-refractivity contribution in [1.82, 2.24) is 20.1 Å². The van der Waals surface area contributed by atoms with Crippen molar-refractivity contribution >= 4 is 34.7 Å². The van der Waals surface area contributed by atoms with Crippen molar-refractivity contribution in [3.8, 4) is 17.1 Å². The van der Waals surface area contributed by atoms with E-state index < -0.39 is 5.82 Å². The van der Waals surface area contributed by atoms with Gasteiger partial charge in [0.1, 0.15) is 23.9 Å². The molecule has 1 fully saturated rings. The normalized spacial score (nSPS) is 13.8. The number of benzene rings is 1. The van der Waals surface area contributed by atoms with Crippen LogP contribution in [-0.2, 0) is 14.3 Å². The van der Waals surface area contributed by atoms with Crippen LogP contribution in [-0.4, -0.2) is 79.2 Å². The molecule has 3 heterocycles. The van der Waals surface area contributed by atoms with E-state index in [9.17, 15) is 9.18 Å². The quantitative estimate of drug-likeness (QED) is 0.358. The molecule has 3 aromatic rings. The predicted molar refractivity (Wildman–Crippen MR) is 138 cm³/mol. The summed E-state index contributed by atoms with van der Waals surface area (Å²) >= 11 is 6.06. The first-order valence-electron chi connectivity index (χ1n) is 11.8. The smallest absolute Gasteiger partial charge is 0.257 e. The lowest BCUT2D eigenvalue weighted by molar-refractivity contribution is -0.116. The minimum atomic E-state index is -0.483.